The monoisotopic (exact) mass is 460 g/mol. The number of benzene rings is 1. The number of unbranched alkanes of at least 4 members (excludes halogenated alkanes) is 2. The van der Waals surface area contributed by atoms with Crippen LogP contribution in [0.5, 0.6) is 5.75 Å². The molecule has 1 aromatic carbocycles. The molecule has 174 valence electrons. The molecule has 0 amide bonds. The number of aromatic nitrogens is 1. The average Bonchev–Trinajstić information content (AvgIpc) is 2.77. The number of anilines is 1. The first-order valence-corrected chi connectivity index (χ1v) is 11.6. The summed E-state index contributed by atoms with van der Waals surface area (Å²) in [6.45, 7) is 6.15. The molecular formula is C25H34ClFN4O. The van der Waals surface area contributed by atoms with E-state index in [1.807, 2.05) is 6.20 Å². The first kappa shape index (κ1) is 25.7. The second kappa shape index (κ2) is 13.1. The third-order valence-electron chi connectivity index (χ3n) is 5.34. The molecule has 0 aliphatic heterocycles. The van der Waals surface area contributed by atoms with Crippen LogP contribution in [0.1, 0.15) is 76.5 Å². The number of nitrogens with two attached hydrogens (primary N) is 1. The first-order valence-electron chi connectivity index (χ1n) is 11.2. The molecule has 4 N–H and O–H groups in total. The topological polar surface area (TPSA) is 84.0 Å². The molecule has 0 radical (unpaired) electrons. The molecular weight excluding hydrogens is 427 g/mol. The molecule has 0 aliphatic carbocycles. The maximum Gasteiger partial charge on any atom is 0.166 e. The second-order valence-electron chi connectivity index (χ2n) is 7.93. The van der Waals surface area contributed by atoms with Gasteiger partial charge in [0, 0.05) is 46.4 Å². The fraction of sp³-hybridized carbons (Fsp3) is 0.440. The van der Waals surface area contributed by atoms with E-state index >= 15 is 0 Å². The van der Waals surface area contributed by atoms with Gasteiger partial charge in [0.15, 0.2) is 11.6 Å². The number of hydrogen-bond donors (Lipinski definition) is 3. The van der Waals surface area contributed by atoms with Gasteiger partial charge in [-0.2, -0.15) is 0 Å². The van der Waals surface area contributed by atoms with Crippen molar-refractivity contribution in [2.24, 2.45) is 0 Å². The van der Waals surface area contributed by atoms with E-state index in [2.05, 4.69) is 24.1 Å². The van der Waals surface area contributed by atoms with E-state index in [1.54, 1.807) is 19.2 Å². The number of nitrogens with zero attached hydrogens (tertiary/aromatic N) is 1. The van der Waals surface area contributed by atoms with Crippen molar-refractivity contribution in [2.75, 3.05) is 5.73 Å². The molecule has 2 aromatic rings. The van der Waals surface area contributed by atoms with Crippen molar-refractivity contribution >= 4 is 29.2 Å². The quantitative estimate of drug-likeness (QED) is 0.223. The van der Waals surface area contributed by atoms with Crippen molar-refractivity contribution in [3.63, 3.8) is 0 Å². The zero-order chi connectivity index (χ0) is 23.5. The molecule has 2 atom stereocenters. The molecule has 2 rings (SSSR count). The summed E-state index contributed by atoms with van der Waals surface area (Å²) in [6, 6.07) is 6.26. The lowest BCUT2D eigenvalue weighted by Crippen LogP contribution is -2.24. The van der Waals surface area contributed by atoms with Crippen LogP contribution in [0.2, 0.25) is 5.02 Å². The molecule has 1 aromatic heterocycles. The van der Waals surface area contributed by atoms with Gasteiger partial charge in [0.05, 0.1) is 0 Å². The fourth-order valence-electron chi connectivity index (χ4n) is 3.50. The van der Waals surface area contributed by atoms with Crippen molar-refractivity contribution in [1.29, 1.82) is 5.41 Å². The largest absolute Gasteiger partial charge is 0.482 e. The molecule has 5 nitrogen and oxygen atoms in total. The summed E-state index contributed by atoms with van der Waals surface area (Å²) < 4.78 is 19.6. The molecule has 0 saturated heterocycles. The minimum absolute atomic E-state index is 0.217. The van der Waals surface area contributed by atoms with Crippen molar-refractivity contribution in [1.82, 2.24) is 10.3 Å². The Kier molecular flexibility index (Phi) is 10.5. The molecule has 2 unspecified atom stereocenters. The Bertz CT molecular complexity index is 919. The van der Waals surface area contributed by atoms with Crippen LogP contribution in [0.4, 0.5) is 10.2 Å². The molecule has 0 spiro atoms. The Morgan fingerprint density at radius 3 is 2.72 bits per heavy atom. The molecule has 0 saturated carbocycles. The summed E-state index contributed by atoms with van der Waals surface area (Å²) in [5.74, 6) is 0.186. The number of ether oxygens (including phenoxy) is 1. The molecule has 0 fully saturated rings. The van der Waals surface area contributed by atoms with E-state index in [4.69, 9.17) is 27.5 Å². The van der Waals surface area contributed by atoms with E-state index < -0.39 is 6.10 Å². The highest BCUT2D eigenvalue weighted by molar-refractivity contribution is 6.31. The van der Waals surface area contributed by atoms with Crippen LogP contribution >= 0.6 is 11.6 Å². The van der Waals surface area contributed by atoms with Crippen molar-refractivity contribution < 1.29 is 9.13 Å². The summed E-state index contributed by atoms with van der Waals surface area (Å²) >= 11 is 6.20. The van der Waals surface area contributed by atoms with Crippen molar-refractivity contribution in [2.45, 2.75) is 71.4 Å². The van der Waals surface area contributed by atoms with Gasteiger partial charge >= 0.3 is 0 Å². The van der Waals surface area contributed by atoms with Gasteiger partial charge in [0.1, 0.15) is 11.9 Å². The molecule has 0 bridgehead atoms. The Morgan fingerprint density at radius 1 is 1.25 bits per heavy atom. The minimum Gasteiger partial charge on any atom is -0.482 e. The third kappa shape index (κ3) is 7.52. The number of allylic oxidation sites excluding steroid dienone is 1. The summed E-state index contributed by atoms with van der Waals surface area (Å²) in [4.78, 5) is 4.23. The van der Waals surface area contributed by atoms with Gasteiger partial charge in [-0.05, 0) is 44.0 Å². The van der Waals surface area contributed by atoms with Gasteiger partial charge in [-0.25, -0.2) is 9.37 Å². The number of nitrogen functional groups attached to an aromatic ring is 1. The Morgan fingerprint density at radius 2 is 2.03 bits per heavy atom. The highest BCUT2D eigenvalue weighted by atomic mass is 35.5. The second-order valence-corrected chi connectivity index (χ2v) is 8.33. The highest BCUT2D eigenvalue weighted by Crippen LogP contribution is 2.31. The molecule has 32 heavy (non-hydrogen) atoms. The lowest BCUT2D eigenvalue weighted by Gasteiger charge is -2.19. The van der Waals surface area contributed by atoms with Crippen LogP contribution in [0, 0.1) is 11.2 Å². The van der Waals surface area contributed by atoms with E-state index in [-0.39, 0.29) is 11.6 Å². The SMILES string of the molecule is CCCCCC(CCC)N/C=C(\C=N)c1cnc(N)c(OC(C)c2cc(F)ccc2Cl)c1. The van der Waals surface area contributed by atoms with Crippen LogP contribution in [0.15, 0.2) is 36.7 Å². The van der Waals surface area contributed by atoms with Crippen molar-refractivity contribution in [3.8, 4) is 5.75 Å². The Labute approximate surface area is 195 Å². The first-order chi connectivity index (χ1) is 15.4. The number of halogens is 2. The minimum atomic E-state index is -0.532. The molecule has 7 heteroatoms. The van der Waals surface area contributed by atoms with Gasteiger partial charge < -0.3 is 21.2 Å². The third-order valence-corrected chi connectivity index (χ3v) is 5.68. The Balaban J connectivity index is 2.20. The number of pyridine rings is 1. The predicted molar refractivity (Wildman–Crippen MR) is 132 cm³/mol. The van der Waals surface area contributed by atoms with Gasteiger partial charge in [0.25, 0.3) is 0 Å². The zero-order valence-corrected chi connectivity index (χ0v) is 19.9. The standard InChI is InChI=1S/C25H34ClFN4O/c1-4-6-7-9-21(8-5-2)30-16-19(14-28)18-12-24(25(29)31-15-18)32-17(3)22-13-20(27)10-11-23(22)26/h10-17,21,28,30H,4-9H2,1-3H3,(H2,29,31)/b19-16+,28-14?. The maximum atomic E-state index is 13.7. The van der Waals surface area contributed by atoms with E-state index in [9.17, 15) is 4.39 Å². The Hall–Kier alpha value is -2.60. The molecule has 1 heterocycles. The average molecular weight is 461 g/mol. The van der Waals surface area contributed by atoms with Crippen LogP contribution in [0.3, 0.4) is 0 Å². The lowest BCUT2D eigenvalue weighted by atomic mass is 10.0. The zero-order valence-electron chi connectivity index (χ0n) is 19.1. The summed E-state index contributed by atoms with van der Waals surface area (Å²) in [5, 5.41) is 11.8. The predicted octanol–water partition coefficient (Wildman–Crippen LogP) is 6.93. The smallest absolute Gasteiger partial charge is 0.166 e. The maximum absolute atomic E-state index is 13.7. The number of rotatable bonds is 13. The van der Waals surface area contributed by atoms with Crippen LogP contribution in [-0.4, -0.2) is 17.2 Å². The van der Waals surface area contributed by atoms with E-state index in [0.29, 0.717) is 33.5 Å². The van der Waals surface area contributed by atoms with Crippen LogP contribution in [-0.2, 0) is 0 Å². The van der Waals surface area contributed by atoms with Crippen molar-refractivity contribution in [3.05, 3.63) is 58.6 Å². The summed E-state index contributed by atoms with van der Waals surface area (Å²) in [5.41, 5.74) is 7.93. The van der Waals surface area contributed by atoms with Crippen LogP contribution in [0.25, 0.3) is 5.57 Å². The summed E-state index contributed by atoms with van der Waals surface area (Å²) in [6.07, 6.45) is 11.1. The fourth-order valence-corrected chi connectivity index (χ4v) is 3.77. The highest BCUT2D eigenvalue weighted by Gasteiger charge is 2.16. The lowest BCUT2D eigenvalue weighted by molar-refractivity contribution is 0.227. The van der Waals surface area contributed by atoms with E-state index in [0.717, 1.165) is 19.3 Å². The van der Waals surface area contributed by atoms with Gasteiger partial charge in [0.2, 0.25) is 0 Å². The van der Waals surface area contributed by atoms with E-state index in [1.165, 1.54) is 43.7 Å². The van der Waals surface area contributed by atoms with Gasteiger partial charge in [-0.1, -0.05) is 51.1 Å². The van der Waals surface area contributed by atoms with Gasteiger partial charge in [-0.15, -0.1) is 0 Å². The van der Waals surface area contributed by atoms with Crippen LogP contribution < -0.4 is 15.8 Å². The van der Waals surface area contributed by atoms with Gasteiger partial charge in [-0.3, -0.25) is 0 Å². The molecule has 0 aliphatic rings. The number of nitrogens with one attached hydrogen (secondary N) is 2. The summed E-state index contributed by atoms with van der Waals surface area (Å²) in [7, 11) is 0. The number of hydrogen-bond acceptors (Lipinski definition) is 5. The normalized spacial score (nSPS) is 13.5.